The number of rotatable bonds is 4. The third-order valence-corrected chi connectivity index (χ3v) is 3.94. The van der Waals surface area contributed by atoms with Crippen LogP contribution >= 0.6 is 0 Å². The van der Waals surface area contributed by atoms with E-state index in [1.54, 1.807) is 13.2 Å². The van der Waals surface area contributed by atoms with E-state index in [2.05, 4.69) is 0 Å². The molecule has 0 saturated heterocycles. The number of ether oxygens (including phenoxy) is 1. The van der Waals surface area contributed by atoms with Gasteiger partial charge < -0.3 is 10.5 Å². The summed E-state index contributed by atoms with van der Waals surface area (Å²) in [6.07, 6.45) is 0. The van der Waals surface area contributed by atoms with E-state index < -0.39 is 10.8 Å². The number of nitrogen functional groups attached to an aromatic ring is 1. The molecule has 4 heteroatoms. The molecule has 2 unspecified atom stereocenters. The summed E-state index contributed by atoms with van der Waals surface area (Å²) in [6.45, 7) is 4.33. The lowest BCUT2D eigenvalue weighted by Crippen LogP contribution is -2.17. The van der Waals surface area contributed by atoms with Gasteiger partial charge in [0.15, 0.2) is 0 Å². The van der Waals surface area contributed by atoms with Crippen molar-refractivity contribution in [2.24, 2.45) is 0 Å². The molecule has 0 spiro atoms. The predicted molar refractivity (Wildman–Crippen MR) is 63.3 cm³/mol. The predicted octanol–water partition coefficient (Wildman–Crippen LogP) is 1.72. The van der Waals surface area contributed by atoms with Gasteiger partial charge in [-0.05, 0) is 31.5 Å². The van der Waals surface area contributed by atoms with Crippen LogP contribution in [0.1, 0.15) is 12.5 Å². The first-order valence-corrected chi connectivity index (χ1v) is 6.03. The molecule has 1 rings (SSSR count). The molecule has 0 aromatic heterocycles. The number of hydrogen-bond acceptors (Lipinski definition) is 3. The lowest BCUT2D eigenvalue weighted by molar-refractivity contribution is 0.201. The Kier molecular flexibility index (Phi) is 4.29. The molecule has 0 bridgehead atoms. The van der Waals surface area contributed by atoms with Crippen LogP contribution in [0.5, 0.6) is 0 Å². The van der Waals surface area contributed by atoms with Crippen LogP contribution in [-0.4, -0.2) is 23.2 Å². The quantitative estimate of drug-likeness (QED) is 0.797. The Balaban J connectivity index is 2.95. The number of anilines is 1. The van der Waals surface area contributed by atoms with E-state index in [1.165, 1.54) is 0 Å². The standard InChI is InChI=1S/C11H17NO2S/c1-8-4-5-10(12)6-11(8)15(13)9(2)7-14-3/h4-6,9H,7,12H2,1-3H3. The second-order valence-electron chi connectivity index (χ2n) is 3.59. The second-order valence-corrected chi connectivity index (χ2v) is 5.43. The Morgan fingerprint density at radius 1 is 1.53 bits per heavy atom. The van der Waals surface area contributed by atoms with Gasteiger partial charge in [0, 0.05) is 17.7 Å². The van der Waals surface area contributed by atoms with Crippen molar-refractivity contribution in [3.8, 4) is 0 Å². The number of benzene rings is 1. The van der Waals surface area contributed by atoms with Gasteiger partial charge in [0.25, 0.3) is 0 Å². The number of methoxy groups -OCH3 is 1. The molecule has 0 aliphatic rings. The lowest BCUT2D eigenvalue weighted by atomic mass is 10.2. The highest BCUT2D eigenvalue weighted by atomic mass is 32.2. The molecule has 2 N–H and O–H groups in total. The van der Waals surface area contributed by atoms with Gasteiger partial charge in [-0.2, -0.15) is 0 Å². The van der Waals surface area contributed by atoms with Crippen LogP contribution in [0.25, 0.3) is 0 Å². The van der Waals surface area contributed by atoms with E-state index in [4.69, 9.17) is 10.5 Å². The van der Waals surface area contributed by atoms with E-state index >= 15 is 0 Å². The molecule has 0 heterocycles. The molecule has 0 aliphatic heterocycles. The molecule has 3 nitrogen and oxygen atoms in total. The summed E-state index contributed by atoms with van der Waals surface area (Å²) in [5.74, 6) is 0. The SMILES string of the molecule is COCC(C)S(=O)c1cc(N)ccc1C. The third-order valence-electron chi connectivity index (χ3n) is 2.20. The Hall–Kier alpha value is -0.870. The van der Waals surface area contributed by atoms with Crippen molar-refractivity contribution in [1.82, 2.24) is 0 Å². The monoisotopic (exact) mass is 227 g/mol. The Morgan fingerprint density at radius 2 is 2.20 bits per heavy atom. The highest BCUT2D eigenvalue weighted by Crippen LogP contribution is 2.19. The van der Waals surface area contributed by atoms with Gasteiger partial charge >= 0.3 is 0 Å². The Morgan fingerprint density at radius 3 is 2.80 bits per heavy atom. The summed E-state index contributed by atoms with van der Waals surface area (Å²) in [6, 6.07) is 5.48. The molecule has 0 amide bonds. The minimum Gasteiger partial charge on any atom is -0.399 e. The van der Waals surface area contributed by atoms with E-state index in [0.717, 1.165) is 10.5 Å². The summed E-state index contributed by atoms with van der Waals surface area (Å²) in [7, 11) is 0.556. The molecular weight excluding hydrogens is 210 g/mol. The maximum absolute atomic E-state index is 12.1. The molecule has 0 fully saturated rings. The van der Waals surface area contributed by atoms with Crippen LogP contribution in [0.15, 0.2) is 23.1 Å². The lowest BCUT2D eigenvalue weighted by Gasteiger charge is -2.12. The van der Waals surface area contributed by atoms with Gasteiger partial charge in [0.05, 0.1) is 22.7 Å². The van der Waals surface area contributed by atoms with Crippen molar-refractivity contribution in [2.75, 3.05) is 19.5 Å². The van der Waals surface area contributed by atoms with Crippen LogP contribution in [0.3, 0.4) is 0 Å². The van der Waals surface area contributed by atoms with Gasteiger partial charge in [0.1, 0.15) is 0 Å². The Bertz CT molecular complexity index is 366. The minimum atomic E-state index is -1.05. The topological polar surface area (TPSA) is 52.3 Å². The van der Waals surface area contributed by atoms with Crippen LogP contribution in [0, 0.1) is 6.92 Å². The zero-order valence-electron chi connectivity index (χ0n) is 9.32. The van der Waals surface area contributed by atoms with Crippen LogP contribution in [0.4, 0.5) is 5.69 Å². The van der Waals surface area contributed by atoms with Gasteiger partial charge in [-0.15, -0.1) is 0 Å². The fourth-order valence-corrected chi connectivity index (χ4v) is 2.68. The van der Waals surface area contributed by atoms with Crippen molar-refractivity contribution in [1.29, 1.82) is 0 Å². The Labute approximate surface area is 93.1 Å². The fraction of sp³-hybridized carbons (Fsp3) is 0.455. The summed E-state index contributed by atoms with van der Waals surface area (Å²) in [5, 5.41) is -0.0181. The molecule has 0 radical (unpaired) electrons. The molecule has 0 aliphatic carbocycles. The highest BCUT2D eigenvalue weighted by molar-refractivity contribution is 7.85. The van der Waals surface area contributed by atoms with E-state index in [0.29, 0.717) is 12.3 Å². The van der Waals surface area contributed by atoms with Gasteiger partial charge in [-0.1, -0.05) is 6.07 Å². The smallest absolute Gasteiger partial charge is 0.0607 e. The van der Waals surface area contributed by atoms with E-state index in [9.17, 15) is 4.21 Å². The van der Waals surface area contributed by atoms with E-state index in [-0.39, 0.29) is 5.25 Å². The van der Waals surface area contributed by atoms with E-state index in [1.807, 2.05) is 26.0 Å². The van der Waals surface area contributed by atoms with Crippen LogP contribution in [0.2, 0.25) is 0 Å². The number of nitrogens with two attached hydrogens (primary N) is 1. The zero-order chi connectivity index (χ0) is 11.4. The molecule has 1 aromatic carbocycles. The van der Waals surface area contributed by atoms with Gasteiger partial charge in [-0.25, -0.2) is 0 Å². The van der Waals surface area contributed by atoms with Gasteiger partial charge in [0.2, 0.25) is 0 Å². The molecule has 0 saturated carbocycles. The van der Waals surface area contributed by atoms with Crippen molar-refractivity contribution in [3.05, 3.63) is 23.8 Å². The average Bonchev–Trinajstić information content (AvgIpc) is 2.21. The summed E-state index contributed by atoms with van der Waals surface area (Å²) < 4.78 is 17.1. The third kappa shape index (κ3) is 3.04. The summed E-state index contributed by atoms with van der Waals surface area (Å²) in [5.41, 5.74) is 7.33. The maximum atomic E-state index is 12.1. The van der Waals surface area contributed by atoms with Crippen molar-refractivity contribution < 1.29 is 8.95 Å². The second kappa shape index (κ2) is 5.28. The number of aryl methyl sites for hydroxylation is 1. The highest BCUT2D eigenvalue weighted by Gasteiger charge is 2.15. The molecule has 84 valence electrons. The average molecular weight is 227 g/mol. The molecule has 2 atom stereocenters. The van der Waals surface area contributed by atoms with Crippen LogP contribution in [-0.2, 0) is 15.5 Å². The van der Waals surface area contributed by atoms with Crippen molar-refractivity contribution >= 4 is 16.5 Å². The largest absolute Gasteiger partial charge is 0.399 e. The normalized spacial score (nSPS) is 14.9. The first-order chi connectivity index (χ1) is 7.06. The molecule has 1 aromatic rings. The maximum Gasteiger partial charge on any atom is 0.0607 e. The van der Waals surface area contributed by atoms with Gasteiger partial charge in [-0.3, -0.25) is 4.21 Å². The zero-order valence-corrected chi connectivity index (χ0v) is 10.1. The first-order valence-electron chi connectivity index (χ1n) is 4.82. The fourth-order valence-electron chi connectivity index (χ4n) is 1.35. The molecule has 15 heavy (non-hydrogen) atoms. The minimum absolute atomic E-state index is 0.0181. The van der Waals surface area contributed by atoms with Crippen molar-refractivity contribution in [2.45, 2.75) is 24.0 Å². The summed E-state index contributed by atoms with van der Waals surface area (Å²) in [4.78, 5) is 0.805. The van der Waals surface area contributed by atoms with Crippen LogP contribution < -0.4 is 5.73 Å². The van der Waals surface area contributed by atoms with Crippen molar-refractivity contribution in [3.63, 3.8) is 0 Å². The summed E-state index contributed by atoms with van der Waals surface area (Å²) >= 11 is 0. The number of hydrogen-bond donors (Lipinski definition) is 1. The molecular formula is C11H17NO2S. The first kappa shape index (κ1) is 12.2.